The van der Waals surface area contributed by atoms with E-state index in [4.69, 9.17) is 0 Å². The predicted octanol–water partition coefficient (Wildman–Crippen LogP) is 4.09. The van der Waals surface area contributed by atoms with Crippen LogP contribution >= 0.6 is 0 Å². The van der Waals surface area contributed by atoms with Crippen LogP contribution in [-0.2, 0) is 11.0 Å². The first-order valence-electron chi connectivity index (χ1n) is 8.47. The van der Waals surface area contributed by atoms with Crippen molar-refractivity contribution in [3.63, 3.8) is 0 Å². The lowest BCUT2D eigenvalue weighted by Gasteiger charge is -2.40. The Kier molecular flexibility index (Phi) is 3.89. The normalized spacial score (nSPS) is 23.5. The molecule has 1 aliphatic carbocycles. The van der Waals surface area contributed by atoms with E-state index in [1.807, 2.05) is 13.8 Å². The van der Waals surface area contributed by atoms with Gasteiger partial charge in [-0.25, -0.2) is 13.5 Å². The van der Waals surface area contributed by atoms with Gasteiger partial charge in [0.25, 0.3) is 5.82 Å². The average molecular weight is 398 g/mol. The molecule has 0 radical (unpaired) electrons. The van der Waals surface area contributed by atoms with Gasteiger partial charge in [-0.15, -0.1) is 5.10 Å². The van der Waals surface area contributed by atoms with Gasteiger partial charge in [-0.3, -0.25) is 4.79 Å². The summed E-state index contributed by atoms with van der Waals surface area (Å²) in [5, 5.41) is 6.24. The van der Waals surface area contributed by atoms with E-state index in [-0.39, 0.29) is 23.7 Å². The molecule has 4 rings (SSSR count). The fraction of sp³-hybridized carbons (Fsp3) is 0.389. The maximum Gasteiger partial charge on any atom is 0.453 e. The van der Waals surface area contributed by atoms with E-state index in [2.05, 4.69) is 15.4 Å². The minimum absolute atomic E-state index is 0.00262. The van der Waals surface area contributed by atoms with Gasteiger partial charge in [-0.2, -0.15) is 18.2 Å². The van der Waals surface area contributed by atoms with Gasteiger partial charge in [0.1, 0.15) is 17.4 Å². The second kappa shape index (κ2) is 5.86. The first kappa shape index (κ1) is 18.6. The molecule has 0 amide bonds. The number of alkyl halides is 3. The molecule has 1 aliphatic heterocycles. The highest BCUT2D eigenvalue weighted by atomic mass is 19.4. The maximum absolute atomic E-state index is 13.8. The van der Waals surface area contributed by atoms with E-state index in [1.54, 1.807) is 6.08 Å². The van der Waals surface area contributed by atoms with Crippen LogP contribution in [0.1, 0.15) is 37.7 Å². The summed E-state index contributed by atoms with van der Waals surface area (Å²) in [5.41, 5.74) is -0.171. The molecule has 2 atom stereocenters. The van der Waals surface area contributed by atoms with E-state index in [0.717, 1.165) is 16.8 Å². The van der Waals surface area contributed by atoms with Crippen LogP contribution in [0.15, 0.2) is 30.0 Å². The number of rotatable bonds is 1. The van der Waals surface area contributed by atoms with E-state index < -0.39 is 41.0 Å². The molecule has 0 unspecified atom stereocenters. The SMILES string of the molecule is CC1(C)C=C2Nc3nc(C(F)(F)F)nn3[C@H](c3cc(F)cc(F)c3)[C@H]2C(=O)C1. The summed E-state index contributed by atoms with van der Waals surface area (Å²) in [5.74, 6) is -4.66. The van der Waals surface area contributed by atoms with Crippen LogP contribution in [0.25, 0.3) is 0 Å². The molecule has 2 aliphatic rings. The molecule has 0 fully saturated rings. The van der Waals surface area contributed by atoms with Gasteiger partial charge in [0.15, 0.2) is 0 Å². The van der Waals surface area contributed by atoms with Crippen molar-refractivity contribution >= 4 is 11.7 Å². The van der Waals surface area contributed by atoms with Crippen molar-refractivity contribution in [2.45, 2.75) is 32.5 Å². The number of halogens is 5. The summed E-state index contributed by atoms with van der Waals surface area (Å²) in [7, 11) is 0. The second-order valence-corrected chi connectivity index (χ2v) is 7.68. The number of allylic oxidation sites excluding steroid dienone is 2. The summed E-state index contributed by atoms with van der Waals surface area (Å²) in [4.78, 5) is 16.3. The zero-order valence-electron chi connectivity index (χ0n) is 14.8. The van der Waals surface area contributed by atoms with Gasteiger partial charge in [-0.1, -0.05) is 19.9 Å². The highest BCUT2D eigenvalue weighted by molar-refractivity contribution is 5.88. The number of benzene rings is 1. The topological polar surface area (TPSA) is 59.8 Å². The van der Waals surface area contributed by atoms with Gasteiger partial charge in [0.05, 0.1) is 12.0 Å². The summed E-state index contributed by atoms with van der Waals surface area (Å²) in [6.45, 7) is 3.63. The molecule has 1 aromatic heterocycles. The number of nitrogens with zero attached hydrogens (tertiary/aromatic N) is 3. The molecule has 0 spiro atoms. The molecule has 148 valence electrons. The maximum atomic E-state index is 13.8. The molecule has 2 heterocycles. The third-order valence-electron chi connectivity index (χ3n) is 4.80. The lowest BCUT2D eigenvalue weighted by atomic mass is 9.72. The lowest BCUT2D eigenvalue weighted by Crippen LogP contribution is -2.42. The van der Waals surface area contributed by atoms with Crippen molar-refractivity contribution in [2.75, 3.05) is 5.32 Å². The van der Waals surface area contributed by atoms with E-state index >= 15 is 0 Å². The van der Waals surface area contributed by atoms with Gasteiger partial charge in [0.2, 0.25) is 5.95 Å². The number of ketones is 1. The van der Waals surface area contributed by atoms with Crippen LogP contribution in [0.2, 0.25) is 0 Å². The van der Waals surface area contributed by atoms with E-state index in [1.165, 1.54) is 0 Å². The Morgan fingerprint density at radius 1 is 1.18 bits per heavy atom. The van der Waals surface area contributed by atoms with Crippen LogP contribution in [0.3, 0.4) is 0 Å². The molecule has 0 saturated heterocycles. The number of anilines is 1. The molecular weight excluding hydrogens is 383 g/mol. The highest BCUT2D eigenvalue weighted by Crippen LogP contribution is 2.46. The van der Waals surface area contributed by atoms with Crippen LogP contribution in [0.4, 0.5) is 27.9 Å². The van der Waals surface area contributed by atoms with Crippen molar-refractivity contribution in [1.29, 1.82) is 0 Å². The number of Topliss-reactive ketones (excluding diaryl/α,β-unsaturated/α-hetero) is 1. The number of nitrogens with one attached hydrogen (secondary N) is 1. The smallest absolute Gasteiger partial charge is 0.328 e. The quantitative estimate of drug-likeness (QED) is 0.736. The monoisotopic (exact) mass is 398 g/mol. The van der Waals surface area contributed by atoms with Crippen molar-refractivity contribution in [3.05, 3.63) is 53.0 Å². The Morgan fingerprint density at radius 2 is 1.82 bits per heavy atom. The Bertz CT molecular complexity index is 988. The molecule has 28 heavy (non-hydrogen) atoms. The van der Waals surface area contributed by atoms with E-state index in [9.17, 15) is 26.7 Å². The number of carbonyl (C=O) groups is 1. The summed E-state index contributed by atoms with van der Waals surface area (Å²) in [6, 6.07) is 1.47. The molecule has 0 saturated carbocycles. The molecular formula is C18H15F5N4O. The van der Waals surface area contributed by atoms with Crippen LogP contribution in [0.5, 0.6) is 0 Å². The predicted molar refractivity (Wildman–Crippen MR) is 88.1 cm³/mol. The summed E-state index contributed by atoms with van der Waals surface area (Å²) in [6.07, 6.45) is -2.94. The lowest BCUT2D eigenvalue weighted by molar-refractivity contribution is -0.145. The van der Waals surface area contributed by atoms with Crippen LogP contribution < -0.4 is 5.32 Å². The molecule has 5 nitrogen and oxygen atoms in total. The molecule has 1 aromatic carbocycles. The second-order valence-electron chi connectivity index (χ2n) is 7.68. The third kappa shape index (κ3) is 3.06. The van der Waals surface area contributed by atoms with Gasteiger partial charge < -0.3 is 5.32 Å². The number of aromatic nitrogens is 3. The molecule has 0 bridgehead atoms. The standard InChI is InChI=1S/C18H15F5N4O/c1-17(2)6-11-13(12(28)7-17)14(8-3-9(19)5-10(20)4-8)27-16(24-11)25-15(26-27)18(21,22)23/h3-6,13-14H,7H2,1-2H3,(H,24,25,26)/t13-,14-/m1/s1. The van der Waals surface area contributed by atoms with Crippen molar-refractivity contribution in [1.82, 2.24) is 14.8 Å². The van der Waals surface area contributed by atoms with Gasteiger partial charge >= 0.3 is 6.18 Å². The molecule has 2 aromatic rings. The van der Waals surface area contributed by atoms with Gasteiger partial charge in [-0.05, 0) is 23.1 Å². The fourth-order valence-corrected chi connectivity index (χ4v) is 3.83. The zero-order valence-corrected chi connectivity index (χ0v) is 14.8. The minimum atomic E-state index is -4.81. The molecule has 1 N–H and O–H groups in total. The number of hydrogen-bond acceptors (Lipinski definition) is 4. The summed E-state index contributed by atoms with van der Waals surface area (Å²) < 4.78 is 67.9. The van der Waals surface area contributed by atoms with Gasteiger partial charge in [0, 0.05) is 18.2 Å². The van der Waals surface area contributed by atoms with E-state index in [0.29, 0.717) is 11.8 Å². The van der Waals surface area contributed by atoms with Crippen LogP contribution in [0, 0.1) is 23.0 Å². The Hall–Kier alpha value is -2.78. The first-order valence-corrected chi connectivity index (χ1v) is 8.47. The number of carbonyl (C=O) groups excluding carboxylic acids is 1. The highest BCUT2D eigenvalue weighted by Gasteiger charge is 2.47. The summed E-state index contributed by atoms with van der Waals surface area (Å²) >= 11 is 0. The Morgan fingerprint density at radius 3 is 2.43 bits per heavy atom. The van der Waals surface area contributed by atoms with Crippen LogP contribution in [-0.4, -0.2) is 20.5 Å². The molecule has 10 heteroatoms. The van der Waals surface area contributed by atoms with Crippen molar-refractivity contribution < 1.29 is 26.7 Å². The Balaban J connectivity index is 1.95. The average Bonchev–Trinajstić information content (AvgIpc) is 2.94. The fourth-order valence-electron chi connectivity index (χ4n) is 3.83. The largest absolute Gasteiger partial charge is 0.453 e. The van der Waals surface area contributed by atoms with Crippen molar-refractivity contribution in [2.24, 2.45) is 11.3 Å². The first-order chi connectivity index (χ1) is 12.9. The third-order valence-corrected chi connectivity index (χ3v) is 4.80. The Labute approximate surface area is 156 Å². The zero-order chi connectivity index (χ0) is 20.4. The van der Waals surface area contributed by atoms with Crippen molar-refractivity contribution in [3.8, 4) is 0 Å². The number of fused-ring (bicyclic) bond motifs is 2. The number of hydrogen-bond donors (Lipinski definition) is 1. The minimum Gasteiger partial charge on any atom is -0.328 e.